The summed E-state index contributed by atoms with van der Waals surface area (Å²) in [5.41, 5.74) is 0.0616. The monoisotopic (exact) mass is 317 g/mol. The van der Waals surface area contributed by atoms with Gasteiger partial charge >= 0.3 is 5.97 Å². The van der Waals surface area contributed by atoms with Gasteiger partial charge < -0.3 is 14.8 Å². The quantitative estimate of drug-likeness (QED) is 0.663. The molecule has 0 aromatic heterocycles. The van der Waals surface area contributed by atoms with E-state index < -0.39 is 11.4 Å². The van der Waals surface area contributed by atoms with Crippen LogP contribution in [0.3, 0.4) is 0 Å². The number of nitrogens with one attached hydrogen (secondary N) is 1. The first-order chi connectivity index (χ1) is 11.2. The van der Waals surface area contributed by atoms with Gasteiger partial charge in [-0.15, -0.1) is 0 Å². The third-order valence-electron chi connectivity index (χ3n) is 4.90. The lowest BCUT2D eigenvalue weighted by atomic mass is 9.72. The second kappa shape index (κ2) is 6.71. The molecule has 0 saturated carbocycles. The number of rotatable bonds is 5. The van der Waals surface area contributed by atoms with E-state index in [1.54, 1.807) is 6.92 Å². The van der Waals surface area contributed by atoms with Gasteiger partial charge in [-0.05, 0) is 31.7 Å². The predicted octanol–water partition coefficient (Wildman–Crippen LogP) is 1.70. The zero-order chi connectivity index (χ0) is 16.3. The van der Waals surface area contributed by atoms with Crippen LogP contribution in [-0.4, -0.2) is 37.7 Å². The topological polar surface area (TPSA) is 64.6 Å². The van der Waals surface area contributed by atoms with Crippen LogP contribution in [0.25, 0.3) is 0 Å². The van der Waals surface area contributed by atoms with E-state index in [0.717, 1.165) is 18.4 Å². The molecule has 3 rings (SSSR count). The van der Waals surface area contributed by atoms with Crippen molar-refractivity contribution < 1.29 is 19.1 Å². The maximum Gasteiger partial charge on any atom is 0.322 e. The minimum absolute atomic E-state index is 0.0464. The molecule has 1 aromatic rings. The van der Waals surface area contributed by atoms with Gasteiger partial charge in [0.2, 0.25) is 5.91 Å². The highest BCUT2D eigenvalue weighted by molar-refractivity contribution is 6.05. The fraction of sp³-hybridized carbons (Fsp3) is 0.556. The molecule has 0 bridgehead atoms. The van der Waals surface area contributed by atoms with Crippen molar-refractivity contribution in [3.63, 3.8) is 0 Å². The Labute approximate surface area is 136 Å². The normalized spacial score (nSPS) is 30.2. The molecule has 5 nitrogen and oxygen atoms in total. The largest absolute Gasteiger partial charge is 0.465 e. The second-order valence-corrected chi connectivity index (χ2v) is 6.32. The molecule has 1 aromatic carbocycles. The maximum atomic E-state index is 12.7. The van der Waals surface area contributed by atoms with E-state index >= 15 is 0 Å². The summed E-state index contributed by atoms with van der Waals surface area (Å²) in [6.07, 6.45) is 1.93. The highest BCUT2D eigenvalue weighted by Crippen LogP contribution is 2.43. The minimum Gasteiger partial charge on any atom is -0.465 e. The summed E-state index contributed by atoms with van der Waals surface area (Å²) in [6, 6.07) is 9.96. The van der Waals surface area contributed by atoms with Gasteiger partial charge in [-0.1, -0.05) is 30.3 Å². The van der Waals surface area contributed by atoms with E-state index in [-0.39, 0.29) is 24.5 Å². The Hall–Kier alpha value is -1.88. The summed E-state index contributed by atoms with van der Waals surface area (Å²) in [5.74, 6) is -0.696. The zero-order valence-corrected chi connectivity index (χ0v) is 13.4. The van der Waals surface area contributed by atoms with Crippen LogP contribution in [0.2, 0.25) is 0 Å². The molecule has 2 unspecified atom stereocenters. The summed E-state index contributed by atoms with van der Waals surface area (Å²) in [4.78, 5) is 25.4. The number of benzene rings is 1. The smallest absolute Gasteiger partial charge is 0.322 e. The molecular formula is C18H23NO4. The number of carbonyl (C=O) groups excluding carboxylic acids is 2. The van der Waals surface area contributed by atoms with Crippen molar-refractivity contribution in [1.82, 2.24) is 5.32 Å². The summed E-state index contributed by atoms with van der Waals surface area (Å²) in [6.45, 7) is 3.10. The van der Waals surface area contributed by atoms with Crippen molar-refractivity contribution in [1.29, 1.82) is 0 Å². The molecule has 2 fully saturated rings. The van der Waals surface area contributed by atoms with Gasteiger partial charge in [0.15, 0.2) is 5.41 Å². The van der Waals surface area contributed by atoms with Crippen molar-refractivity contribution in [2.24, 2.45) is 11.3 Å². The Morgan fingerprint density at radius 2 is 2.17 bits per heavy atom. The molecule has 3 atom stereocenters. The number of carbonyl (C=O) groups is 2. The van der Waals surface area contributed by atoms with Gasteiger partial charge in [0, 0.05) is 18.6 Å². The van der Waals surface area contributed by atoms with Crippen LogP contribution in [0.4, 0.5) is 0 Å². The third kappa shape index (κ3) is 2.98. The van der Waals surface area contributed by atoms with Gasteiger partial charge in [0.1, 0.15) is 0 Å². The van der Waals surface area contributed by atoms with Crippen LogP contribution in [0, 0.1) is 11.3 Å². The summed E-state index contributed by atoms with van der Waals surface area (Å²) >= 11 is 0. The molecule has 5 heteroatoms. The molecule has 2 saturated heterocycles. The van der Waals surface area contributed by atoms with E-state index in [2.05, 4.69) is 5.32 Å². The number of hydrogen-bond donors (Lipinski definition) is 1. The first-order valence-electron chi connectivity index (χ1n) is 8.26. The fourth-order valence-corrected chi connectivity index (χ4v) is 3.75. The molecule has 1 N–H and O–H groups in total. The highest BCUT2D eigenvalue weighted by Gasteiger charge is 2.59. The van der Waals surface area contributed by atoms with E-state index in [1.165, 1.54) is 0 Å². The van der Waals surface area contributed by atoms with Gasteiger partial charge in [-0.2, -0.15) is 0 Å². The van der Waals surface area contributed by atoms with Crippen LogP contribution < -0.4 is 5.32 Å². The lowest BCUT2D eigenvalue weighted by molar-refractivity contribution is -0.163. The molecular weight excluding hydrogens is 294 g/mol. The van der Waals surface area contributed by atoms with Gasteiger partial charge in [-0.25, -0.2) is 0 Å². The summed E-state index contributed by atoms with van der Waals surface area (Å²) in [7, 11) is 0. The molecule has 2 heterocycles. The third-order valence-corrected chi connectivity index (χ3v) is 4.90. The van der Waals surface area contributed by atoms with Crippen molar-refractivity contribution >= 4 is 11.9 Å². The number of hydrogen-bond acceptors (Lipinski definition) is 4. The number of ether oxygens (including phenoxy) is 2. The maximum absolute atomic E-state index is 12.7. The first-order valence-corrected chi connectivity index (χ1v) is 8.26. The molecule has 0 aliphatic carbocycles. The summed E-state index contributed by atoms with van der Waals surface area (Å²) < 4.78 is 10.7. The van der Waals surface area contributed by atoms with Crippen molar-refractivity contribution in [3.8, 4) is 0 Å². The van der Waals surface area contributed by atoms with Gasteiger partial charge in [0.05, 0.1) is 13.2 Å². The van der Waals surface area contributed by atoms with Crippen LogP contribution in [0.1, 0.15) is 25.3 Å². The Morgan fingerprint density at radius 1 is 1.39 bits per heavy atom. The number of amides is 1. The Morgan fingerprint density at radius 3 is 2.83 bits per heavy atom. The Kier molecular flexibility index (Phi) is 4.66. The Balaban J connectivity index is 1.81. The van der Waals surface area contributed by atoms with Crippen LogP contribution in [-0.2, 0) is 25.5 Å². The Bertz CT molecular complexity index is 568. The lowest BCUT2D eigenvalue weighted by Gasteiger charge is -2.29. The average Bonchev–Trinajstić information content (AvgIpc) is 3.17. The molecule has 0 spiro atoms. The molecule has 124 valence electrons. The molecule has 2 aliphatic rings. The van der Waals surface area contributed by atoms with Gasteiger partial charge in [0.25, 0.3) is 0 Å². The van der Waals surface area contributed by atoms with Crippen molar-refractivity contribution in [3.05, 3.63) is 35.9 Å². The lowest BCUT2D eigenvalue weighted by Crippen LogP contribution is -2.46. The highest BCUT2D eigenvalue weighted by atomic mass is 16.5. The minimum atomic E-state index is -1.09. The van der Waals surface area contributed by atoms with E-state index in [1.807, 2.05) is 30.3 Å². The van der Waals surface area contributed by atoms with Crippen molar-refractivity contribution in [2.45, 2.75) is 32.2 Å². The summed E-state index contributed by atoms with van der Waals surface area (Å²) in [5, 5.41) is 3.01. The average molecular weight is 317 g/mol. The van der Waals surface area contributed by atoms with E-state index in [9.17, 15) is 9.59 Å². The molecule has 23 heavy (non-hydrogen) atoms. The van der Waals surface area contributed by atoms with E-state index in [4.69, 9.17) is 9.47 Å². The molecule has 0 radical (unpaired) electrons. The SMILES string of the molecule is CCOC(=O)C1(C2CCOC2)C[C@H](Cc2ccccc2)NC1=O. The van der Waals surface area contributed by atoms with Crippen LogP contribution >= 0.6 is 0 Å². The first kappa shape index (κ1) is 16.0. The second-order valence-electron chi connectivity index (χ2n) is 6.32. The molecule has 2 aliphatic heterocycles. The predicted molar refractivity (Wildman–Crippen MR) is 84.7 cm³/mol. The number of esters is 1. The van der Waals surface area contributed by atoms with Gasteiger partial charge in [-0.3, -0.25) is 9.59 Å². The van der Waals surface area contributed by atoms with Crippen LogP contribution in [0.15, 0.2) is 30.3 Å². The van der Waals surface area contributed by atoms with Crippen LogP contribution in [0.5, 0.6) is 0 Å². The molecule has 1 amide bonds. The zero-order valence-electron chi connectivity index (χ0n) is 13.4. The van der Waals surface area contributed by atoms with Crippen molar-refractivity contribution in [2.75, 3.05) is 19.8 Å². The standard InChI is InChI=1S/C18H23NO4/c1-2-23-17(21)18(14-8-9-22-12-14)11-15(19-16(18)20)10-13-6-4-3-5-7-13/h3-7,14-15H,2,8-12H2,1H3,(H,19,20)/t14?,15-,18?/m0/s1. The fourth-order valence-electron chi connectivity index (χ4n) is 3.75. The van der Waals surface area contributed by atoms with E-state index in [0.29, 0.717) is 19.6 Å².